The summed E-state index contributed by atoms with van der Waals surface area (Å²) in [6.07, 6.45) is 7.91. The molecule has 3 aromatic rings. The molecule has 1 aliphatic rings. The minimum absolute atomic E-state index is 0.346. The molecule has 0 spiro atoms. The molecule has 0 bridgehead atoms. The average molecular weight is 451 g/mol. The molecule has 1 aromatic heterocycles. The van der Waals surface area contributed by atoms with Crippen LogP contribution in [0.1, 0.15) is 55.4 Å². The SMILES string of the molecule is Clc1ccc(OC(Cn2cc(C3CCCCC3)nn2)c2ccc(Cl)cc2Cl)cc1. The van der Waals surface area contributed by atoms with E-state index in [1.54, 1.807) is 18.2 Å². The molecule has 1 fully saturated rings. The van der Waals surface area contributed by atoms with Gasteiger partial charge in [-0.25, -0.2) is 4.68 Å². The first-order chi connectivity index (χ1) is 14.1. The Bertz CT molecular complexity index is 952. The number of halogens is 3. The van der Waals surface area contributed by atoms with Crippen molar-refractivity contribution in [3.8, 4) is 5.75 Å². The minimum Gasteiger partial charge on any atom is -0.484 e. The third-order valence-corrected chi connectivity index (χ3v) is 6.15. The Balaban J connectivity index is 1.58. The summed E-state index contributed by atoms with van der Waals surface area (Å²) in [5.74, 6) is 1.21. The van der Waals surface area contributed by atoms with Crippen LogP contribution in [0.2, 0.25) is 15.1 Å². The number of nitrogens with zero attached hydrogens (tertiary/aromatic N) is 3. The van der Waals surface area contributed by atoms with E-state index in [2.05, 4.69) is 10.3 Å². The van der Waals surface area contributed by atoms with Gasteiger partial charge in [-0.05, 0) is 49.2 Å². The highest BCUT2D eigenvalue weighted by atomic mass is 35.5. The Kier molecular flexibility index (Phi) is 6.63. The molecule has 1 atom stereocenters. The van der Waals surface area contributed by atoms with E-state index in [9.17, 15) is 0 Å². The van der Waals surface area contributed by atoms with Crippen LogP contribution in [-0.4, -0.2) is 15.0 Å². The summed E-state index contributed by atoms with van der Waals surface area (Å²) < 4.78 is 8.10. The molecule has 4 nitrogen and oxygen atoms in total. The summed E-state index contributed by atoms with van der Waals surface area (Å²) in [4.78, 5) is 0. The van der Waals surface area contributed by atoms with Crippen LogP contribution in [0.15, 0.2) is 48.7 Å². The van der Waals surface area contributed by atoms with Crippen LogP contribution < -0.4 is 4.74 Å². The van der Waals surface area contributed by atoms with Gasteiger partial charge in [0.25, 0.3) is 0 Å². The molecular weight excluding hydrogens is 429 g/mol. The smallest absolute Gasteiger partial charge is 0.145 e. The Hall–Kier alpha value is -1.75. The van der Waals surface area contributed by atoms with Crippen LogP contribution >= 0.6 is 34.8 Å². The highest BCUT2D eigenvalue weighted by Crippen LogP contribution is 2.33. The van der Waals surface area contributed by atoms with Crippen molar-refractivity contribution in [3.05, 3.63) is 75.0 Å². The largest absolute Gasteiger partial charge is 0.484 e. The van der Waals surface area contributed by atoms with Gasteiger partial charge in [0.1, 0.15) is 11.9 Å². The fraction of sp³-hybridized carbons (Fsp3) is 0.364. The van der Waals surface area contributed by atoms with Gasteiger partial charge in [-0.1, -0.05) is 65.3 Å². The van der Waals surface area contributed by atoms with Gasteiger partial charge in [0.2, 0.25) is 0 Å². The summed E-state index contributed by atoms with van der Waals surface area (Å²) in [6, 6.07) is 12.7. The zero-order chi connectivity index (χ0) is 20.2. The molecule has 1 saturated carbocycles. The van der Waals surface area contributed by atoms with Crippen LogP contribution in [0, 0.1) is 0 Å². The number of hydrogen-bond acceptors (Lipinski definition) is 3. The lowest BCUT2D eigenvalue weighted by Crippen LogP contribution is -2.16. The quantitative estimate of drug-likeness (QED) is 0.402. The second-order valence-electron chi connectivity index (χ2n) is 7.43. The first-order valence-corrected chi connectivity index (χ1v) is 11.0. The molecule has 1 heterocycles. The van der Waals surface area contributed by atoms with Crippen molar-refractivity contribution >= 4 is 34.8 Å². The van der Waals surface area contributed by atoms with Crippen molar-refractivity contribution in [1.29, 1.82) is 0 Å². The van der Waals surface area contributed by atoms with Gasteiger partial charge in [-0.2, -0.15) is 0 Å². The van der Waals surface area contributed by atoms with Gasteiger partial charge in [-0.3, -0.25) is 0 Å². The zero-order valence-electron chi connectivity index (χ0n) is 15.9. The van der Waals surface area contributed by atoms with Crippen LogP contribution in [0.4, 0.5) is 0 Å². The maximum atomic E-state index is 6.48. The predicted octanol–water partition coefficient (Wildman–Crippen LogP) is 7.11. The third kappa shape index (κ3) is 5.25. The molecule has 2 aromatic carbocycles. The van der Waals surface area contributed by atoms with Crippen molar-refractivity contribution in [3.63, 3.8) is 0 Å². The summed E-state index contributed by atoms with van der Waals surface area (Å²) in [5.41, 5.74) is 1.91. The molecule has 0 aliphatic heterocycles. The monoisotopic (exact) mass is 449 g/mol. The topological polar surface area (TPSA) is 39.9 Å². The maximum absolute atomic E-state index is 6.48. The van der Waals surface area contributed by atoms with Crippen molar-refractivity contribution in [2.24, 2.45) is 0 Å². The van der Waals surface area contributed by atoms with E-state index in [-0.39, 0.29) is 6.10 Å². The molecule has 152 valence electrons. The van der Waals surface area contributed by atoms with E-state index < -0.39 is 0 Å². The molecule has 0 amide bonds. The zero-order valence-corrected chi connectivity index (χ0v) is 18.2. The molecule has 29 heavy (non-hydrogen) atoms. The van der Waals surface area contributed by atoms with Crippen molar-refractivity contribution < 1.29 is 4.74 Å². The molecule has 0 radical (unpaired) electrons. The molecule has 1 unspecified atom stereocenters. The van der Waals surface area contributed by atoms with Crippen molar-refractivity contribution in [2.75, 3.05) is 0 Å². The number of benzene rings is 2. The van der Waals surface area contributed by atoms with Crippen LogP contribution in [0.3, 0.4) is 0 Å². The molecule has 0 saturated heterocycles. The summed E-state index contributed by atoms with van der Waals surface area (Å²) in [7, 11) is 0. The number of hydrogen-bond donors (Lipinski definition) is 0. The molecule has 0 N–H and O–H groups in total. The molecule has 7 heteroatoms. The van der Waals surface area contributed by atoms with Crippen LogP contribution in [0.5, 0.6) is 5.75 Å². The van der Waals surface area contributed by atoms with Crippen molar-refractivity contribution in [1.82, 2.24) is 15.0 Å². The van der Waals surface area contributed by atoms with Gasteiger partial charge in [0, 0.05) is 32.7 Å². The molecule has 4 rings (SSSR count). The lowest BCUT2D eigenvalue weighted by molar-refractivity contribution is 0.177. The van der Waals surface area contributed by atoms with Crippen molar-refractivity contribution in [2.45, 2.75) is 50.7 Å². The second kappa shape index (κ2) is 9.38. The van der Waals surface area contributed by atoms with E-state index in [0.717, 1.165) is 11.3 Å². The summed E-state index contributed by atoms with van der Waals surface area (Å²) in [6.45, 7) is 0.490. The summed E-state index contributed by atoms with van der Waals surface area (Å²) in [5, 5.41) is 10.6. The number of aromatic nitrogens is 3. The van der Waals surface area contributed by atoms with Gasteiger partial charge in [-0.15, -0.1) is 5.10 Å². The highest BCUT2D eigenvalue weighted by Gasteiger charge is 2.22. The molecule has 1 aliphatic carbocycles. The van der Waals surface area contributed by atoms with Gasteiger partial charge < -0.3 is 4.74 Å². The average Bonchev–Trinajstić information content (AvgIpc) is 3.18. The van der Waals surface area contributed by atoms with E-state index >= 15 is 0 Å². The first kappa shape index (κ1) is 20.5. The highest BCUT2D eigenvalue weighted by molar-refractivity contribution is 6.35. The first-order valence-electron chi connectivity index (χ1n) is 9.85. The van der Waals surface area contributed by atoms with Gasteiger partial charge in [0.15, 0.2) is 0 Å². The number of ether oxygens (including phenoxy) is 1. The normalized spacial score (nSPS) is 16.0. The van der Waals surface area contributed by atoms with E-state index in [1.165, 1.54) is 32.1 Å². The predicted molar refractivity (Wildman–Crippen MR) is 117 cm³/mol. The van der Waals surface area contributed by atoms with Crippen LogP contribution in [-0.2, 0) is 6.54 Å². The number of rotatable bonds is 6. The third-order valence-electron chi connectivity index (χ3n) is 5.33. The lowest BCUT2D eigenvalue weighted by Gasteiger charge is -2.21. The van der Waals surface area contributed by atoms with Crippen LogP contribution in [0.25, 0.3) is 0 Å². The van der Waals surface area contributed by atoms with Gasteiger partial charge in [0.05, 0.1) is 12.2 Å². The summed E-state index contributed by atoms with van der Waals surface area (Å²) >= 11 is 18.6. The Morgan fingerprint density at radius 3 is 2.41 bits per heavy atom. The minimum atomic E-state index is -0.346. The fourth-order valence-electron chi connectivity index (χ4n) is 3.80. The Morgan fingerprint density at radius 2 is 1.69 bits per heavy atom. The maximum Gasteiger partial charge on any atom is 0.145 e. The Labute approximate surface area is 185 Å². The second-order valence-corrected chi connectivity index (χ2v) is 8.71. The lowest BCUT2D eigenvalue weighted by atomic mass is 9.87. The van der Waals surface area contributed by atoms with E-state index in [1.807, 2.05) is 35.1 Å². The van der Waals surface area contributed by atoms with Gasteiger partial charge >= 0.3 is 0 Å². The standard InChI is InChI=1S/C22H22Cl3N3O/c23-16-6-9-18(10-7-16)29-22(19-11-8-17(24)12-20(19)25)14-28-13-21(26-27-28)15-4-2-1-3-5-15/h6-13,15,22H,1-5,14H2. The Morgan fingerprint density at radius 1 is 0.966 bits per heavy atom. The molecular formula is C22H22Cl3N3O. The fourth-order valence-corrected chi connectivity index (χ4v) is 4.45. The van der Waals surface area contributed by atoms with E-state index in [0.29, 0.717) is 33.3 Å². The van der Waals surface area contributed by atoms with E-state index in [4.69, 9.17) is 39.5 Å².